The number of hydrogen-bond acceptors (Lipinski definition) is 6. The number of carbonyl (C=O) groups excluding carboxylic acids is 4. The van der Waals surface area contributed by atoms with Gasteiger partial charge in [0, 0.05) is 19.0 Å². The highest BCUT2D eigenvalue weighted by Gasteiger charge is 2.40. The first kappa shape index (κ1) is 18.8. The molecule has 0 bridgehead atoms. The van der Waals surface area contributed by atoms with Gasteiger partial charge in [-0.05, 0) is 36.6 Å². The van der Waals surface area contributed by atoms with Crippen LogP contribution in [0.1, 0.15) is 24.8 Å². The smallest absolute Gasteiger partial charge is 0.358 e. The van der Waals surface area contributed by atoms with Crippen molar-refractivity contribution in [3.05, 3.63) is 29.8 Å². The van der Waals surface area contributed by atoms with Gasteiger partial charge in [-0.1, -0.05) is 6.07 Å². The molecule has 10 nitrogen and oxygen atoms in total. The van der Waals surface area contributed by atoms with E-state index in [1.165, 1.54) is 11.1 Å². The predicted molar refractivity (Wildman–Crippen MR) is 99.1 cm³/mol. The summed E-state index contributed by atoms with van der Waals surface area (Å²) in [4.78, 5) is 48.9. The molecule has 0 aromatic heterocycles. The van der Waals surface area contributed by atoms with E-state index in [0.29, 0.717) is 37.2 Å². The van der Waals surface area contributed by atoms with Gasteiger partial charge in [-0.25, -0.2) is 19.8 Å². The van der Waals surface area contributed by atoms with Gasteiger partial charge in [-0.2, -0.15) is 0 Å². The lowest BCUT2D eigenvalue weighted by Crippen LogP contribution is -2.61. The molecule has 1 aromatic rings. The minimum Gasteiger partial charge on any atom is -0.454 e. The normalized spacial score (nSPS) is 21.2. The number of hydrazine groups is 2. The van der Waals surface area contributed by atoms with Gasteiger partial charge in [0.25, 0.3) is 5.91 Å². The van der Waals surface area contributed by atoms with Crippen LogP contribution in [0.15, 0.2) is 24.3 Å². The van der Waals surface area contributed by atoms with E-state index in [1.54, 1.807) is 24.3 Å². The molecular formula is C19H20N4O6. The third-order valence-electron chi connectivity index (χ3n) is 4.93. The second-order valence-corrected chi connectivity index (χ2v) is 6.81. The summed E-state index contributed by atoms with van der Waals surface area (Å²) in [5.41, 5.74) is 3.22. The summed E-state index contributed by atoms with van der Waals surface area (Å²) >= 11 is 0. The Morgan fingerprint density at radius 1 is 1.17 bits per heavy atom. The number of nitrogens with zero attached hydrogens (tertiary/aromatic N) is 3. The fourth-order valence-electron chi connectivity index (χ4n) is 3.49. The quantitative estimate of drug-likeness (QED) is 0.589. The number of nitrogens with one attached hydrogen (secondary N) is 1. The van der Waals surface area contributed by atoms with Crippen molar-refractivity contribution >= 4 is 30.2 Å². The number of hydrogen-bond donors (Lipinski definition) is 1. The monoisotopic (exact) mass is 400 g/mol. The molecule has 0 radical (unpaired) electrons. The standard InChI is InChI=1S/C19H20N4O6/c24-11-14-2-1-8-22-18(26)7-9-21(19(27)23(14)22)20-17(25)6-4-13-3-5-15-16(10-13)29-12-28-15/h3-6,10-11,14H,1-2,7-9,12H2,(H,20,25)/b6-4+/t14-/m0/s1. The average Bonchev–Trinajstić information content (AvgIpc) is 3.17. The summed E-state index contributed by atoms with van der Waals surface area (Å²) in [5, 5.41) is 3.53. The van der Waals surface area contributed by atoms with Crippen molar-refractivity contribution < 1.29 is 28.7 Å². The van der Waals surface area contributed by atoms with E-state index in [1.807, 2.05) is 0 Å². The maximum absolute atomic E-state index is 12.9. The first-order valence-electron chi connectivity index (χ1n) is 9.31. The van der Waals surface area contributed by atoms with Gasteiger partial charge in [0.15, 0.2) is 11.5 Å². The highest BCUT2D eigenvalue weighted by molar-refractivity contribution is 5.94. The lowest BCUT2D eigenvalue weighted by molar-refractivity contribution is -0.151. The van der Waals surface area contributed by atoms with E-state index in [9.17, 15) is 19.2 Å². The second kappa shape index (κ2) is 7.82. The van der Waals surface area contributed by atoms with Gasteiger partial charge < -0.3 is 14.3 Å². The van der Waals surface area contributed by atoms with Crippen LogP contribution in [0.4, 0.5) is 4.79 Å². The number of urea groups is 1. The van der Waals surface area contributed by atoms with Gasteiger partial charge in [0.05, 0.1) is 6.54 Å². The zero-order valence-electron chi connectivity index (χ0n) is 15.6. The first-order chi connectivity index (χ1) is 14.1. The molecule has 0 aliphatic carbocycles. The molecule has 152 valence electrons. The lowest BCUT2D eigenvalue weighted by Gasteiger charge is -2.41. The molecule has 4 rings (SSSR count). The van der Waals surface area contributed by atoms with Crippen LogP contribution in [0.2, 0.25) is 0 Å². The van der Waals surface area contributed by atoms with Crippen LogP contribution in [-0.4, -0.2) is 65.1 Å². The molecule has 3 aliphatic heterocycles. The summed E-state index contributed by atoms with van der Waals surface area (Å²) < 4.78 is 10.5. The Balaban J connectivity index is 1.45. The summed E-state index contributed by atoms with van der Waals surface area (Å²) in [6.45, 7) is 0.564. The summed E-state index contributed by atoms with van der Waals surface area (Å²) in [7, 11) is 0. The molecular weight excluding hydrogens is 380 g/mol. The summed E-state index contributed by atoms with van der Waals surface area (Å²) in [6.07, 6.45) is 4.69. The molecule has 10 heteroatoms. The fraction of sp³-hybridized carbons (Fsp3) is 0.368. The molecule has 0 saturated carbocycles. The Bertz CT molecular complexity index is 885. The van der Waals surface area contributed by atoms with Crippen molar-refractivity contribution in [2.75, 3.05) is 19.9 Å². The van der Waals surface area contributed by atoms with Crippen molar-refractivity contribution in [1.82, 2.24) is 20.5 Å². The molecule has 3 aliphatic rings. The Hall–Kier alpha value is -3.56. The predicted octanol–water partition coefficient (Wildman–Crippen LogP) is 0.692. The fourth-order valence-corrected chi connectivity index (χ4v) is 3.49. The van der Waals surface area contributed by atoms with Crippen LogP contribution < -0.4 is 14.9 Å². The molecule has 3 heterocycles. The van der Waals surface area contributed by atoms with Crippen molar-refractivity contribution in [3.8, 4) is 11.5 Å². The van der Waals surface area contributed by atoms with Crippen LogP contribution in [0.5, 0.6) is 11.5 Å². The van der Waals surface area contributed by atoms with E-state index in [4.69, 9.17) is 9.47 Å². The number of benzene rings is 1. The van der Waals surface area contributed by atoms with E-state index in [-0.39, 0.29) is 25.7 Å². The van der Waals surface area contributed by atoms with Crippen LogP contribution in [0.3, 0.4) is 0 Å². The number of amides is 4. The van der Waals surface area contributed by atoms with Crippen molar-refractivity contribution in [3.63, 3.8) is 0 Å². The molecule has 0 spiro atoms. The molecule has 1 N–H and O–H groups in total. The maximum Gasteiger partial charge on any atom is 0.358 e. The molecule has 1 aromatic carbocycles. The Morgan fingerprint density at radius 3 is 2.83 bits per heavy atom. The number of fused-ring (bicyclic) bond motifs is 2. The van der Waals surface area contributed by atoms with Gasteiger partial charge >= 0.3 is 6.03 Å². The van der Waals surface area contributed by atoms with E-state index < -0.39 is 18.0 Å². The van der Waals surface area contributed by atoms with Gasteiger partial charge in [0.2, 0.25) is 12.7 Å². The average molecular weight is 400 g/mol. The van der Waals surface area contributed by atoms with Crippen molar-refractivity contribution in [2.45, 2.75) is 25.3 Å². The topological polar surface area (TPSA) is 108 Å². The van der Waals surface area contributed by atoms with E-state index in [2.05, 4.69) is 5.43 Å². The Morgan fingerprint density at radius 2 is 2.00 bits per heavy atom. The third kappa shape index (κ3) is 3.73. The summed E-state index contributed by atoms with van der Waals surface area (Å²) in [5.74, 6) is 0.454. The Kier molecular flexibility index (Phi) is 5.07. The number of ether oxygens (including phenoxy) is 2. The molecule has 4 amide bonds. The molecule has 2 fully saturated rings. The van der Waals surface area contributed by atoms with Crippen molar-refractivity contribution in [1.29, 1.82) is 0 Å². The van der Waals surface area contributed by atoms with Crippen LogP contribution in [-0.2, 0) is 14.4 Å². The van der Waals surface area contributed by atoms with Gasteiger partial charge in [-0.3, -0.25) is 15.0 Å². The summed E-state index contributed by atoms with van der Waals surface area (Å²) in [6, 6.07) is 3.93. The zero-order chi connectivity index (χ0) is 20.4. The van der Waals surface area contributed by atoms with Gasteiger partial charge in [-0.15, -0.1) is 0 Å². The molecule has 0 unspecified atom stereocenters. The first-order valence-corrected chi connectivity index (χ1v) is 9.31. The van der Waals surface area contributed by atoms with Crippen molar-refractivity contribution in [2.24, 2.45) is 0 Å². The minimum atomic E-state index is -0.720. The maximum atomic E-state index is 12.9. The van der Waals surface area contributed by atoms with Crippen LogP contribution >= 0.6 is 0 Å². The highest BCUT2D eigenvalue weighted by Crippen LogP contribution is 2.32. The number of rotatable bonds is 4. The molecule has 1 atom stereocenters. The molecule has 2 saturated heterocycles. The minimum absolute atomic E-state index is 0.0276. The van der Waals surface area contributed by atoms with E-state index >= 15 is 0 Å². The number of aldehydes is 1. The third-order valence-corrected chi connectivity index (χ3v) is 4.93. The zero-order valence-corrected chi connectivity index (χ0v) is 15.6. The second-order valence-electron chi connectivity index (χ2n) is 6.81. The lowest BCUT2D eigenvalue weighted by atomic mass is 10.1. The largest absolute Gasteiger partial charge is 0.454 e. The Labute approximate surface area is 166 Å². The SMILES string of the molecule is O=C[C@@H]1CCCN2C(=O)CCN(NC(=O)/C=C/c3ccc4c(c3)OCO4)C(=O)N12. The molecule has 29 heavy (non-hydrogen) atoms. The number of carbonyl (C=O) groups is 4. The highest BCUT2D eigenvalue weighted by atomic mass is 16.7. The van der Waals surface area contributed by atoms with Gasteiger partial charge in [0.1, 0.15) is 12.3 Å². The van der Waals surface area contributed by atoms with Crippen LogP contribution in [0.25, 0.3) is 6.08 Å². The van der Waals surface area contributed by atoms with E-state index in [0.717, 1.165) is 15.6 Å². The van der Waals surface area contributed by atoms with Crippen LogP contribution in [0, 0.1) is 0 Å².